The van der Waals surface area contributed by atoms with Gasteiger partial charge >= 0.3 is 0 Å². The van der Waals surface area contributed by atoms with Crippen molar-refractivity contribution < 1.29 is 22.7 Å². The van der Waals surface area contributed by atoms with E-state index in [4.69, 9.17) is 4.74 Å². The highest BCUT2D eigenvalue weighted by Gasteiger charge is 2.26. The topological polar surface area (TPSA) is 105 Å². The summed E-state index contributed by atoms with van der Waals surface area (Å²) in [5.41, 5.74) is 0.374. The minimum atomic E-state index is -3.70. The van der Waals surface area contributed by atoms with Gasteiger partial charge in [0.2, 0.25) is 10.0 Å². The van der Waals surface area contributed by atoms with Crippen LogP contribution in [0.5, 0.6) is 0 Å². The Morgan fingerprint density at radius 1 is 1.50 bits per heavy atom. The summed E-state index contributed by atoms with van der Waals surface area (Å²) < 4.78 is 28.2. The molecule has 24 heavy (non-hydrogen) atoms. The summed E-state index contributed by atoms with van der Waals surface area (Å²) in [4.78, 5) is 27.4. The third kappa shape index (κ3) is 5.13. The van der Waals surface area contributed by atoms with Crippen LogP contribution >= 0.6 is 11.3 Å². The Morgan fingerprint density at radius 2 is 2.25 bits per heavy atom. The average molecular weight is 373 g/mol. The van der Waals surface area contributed by atoms with E-state index in [1.165, 1.54) is 17.5 Å². The largest absolute Gasteiger partial charge is 0.366 e. The number of hydrazine groups is 1. The Labute approximate surface area is 144 Å². The van der Waals surface area contributed by atoms with E-state index in [0.717, 1.165) is 11.3 Å². The predicted molar refractivity (Wildman–Crippen MR) is 89.6 cm³/mol. The molecule has 0 aromatic carbocycles. The van der Waals surface area contributed by atoms with Crippen molar-refractivity contribution in [2.75, 3.05) is 19.9 Å². The molecule has 1 atom stereocenters. The molecule has 0 saturated carbocycles. The van der Waals surface area contributed by atoms with Crippen molar-refractivity contribution in [1.29, 1.82) is 0 Å². The molecule has 1 aromatic rings. The standard InChI is InChI=1S/C14H19N3O5S2/c1-22-13-6-5-10(8-15-13)14(19)17(16-24(2,20)21)9-11(18)12-4-3-7-23-12/h3-4,7-8,13,15-16H,5-6,9H2,1-2H3. The summed E-state index contributed by atoms with van der Waals surface area (Å²) in [5.74, 6) is -0.902. The molecule has 0 aliphatic carbocycles. The fourth-order valence-electron chi connectivity index (χ4n) is 2.17. The number of ether oxygens (including phenoxy) is 1. The number of nitrogens with zero attached hydrogens (tertiary/aromatic N) is 1. The van der Waals surface area contributed by atoms with E-state index in [-0.39, 0.29) is 18.6 Å². The summed E-state index contributed by atoms with van der Waals surface area (Å²) >= 11 is 1.23. The molecule has 1 unspecified atom stereocenters. The zero-order valence-corrected chi connectivity index (χ0v) is 14.9. The number of carbonyl (C=O) groups excluding carboxylic acids is 2. The van der Waals surface area contributed by atoms with E-state index < -0.39 is 15.9 Å². The average Bonchev–Trinajstić information content (AvgIpc) is 3.07. The molecule has 2 N–H and O–H groups in total. The van der Waals surface area contributed by atoms with Gasteiger partial charge in [0.15, 0.2) is 5.78 Å². The number of methoxy groups -OCH3 is 1. The number of amides is 1. The lowest BCUT2D eigenvalue weighted by Crippen LogP contribution is -2.49. The summed E-state index contributed by atoms with van der Waals surface area (Å²) in [6, 6.07) is 3.34. The first-order chi connectivity index (χ1) is 11.3. The maximum absolute atomic E-state index is 12.6. The number of sulfonamides is 1. The Morgan fingerprint density at radius 3 is 2.75 bits per heavy atom. The van der Waals surface area contributed by atoms with Crippen LogP contribution in [0, 0.1) is 0 Å². The van der Waals surface area contributed by atoms with Crippen LogP contribution in [0.15, 0.2) is 29.3 Å². The number of thiophene rings is 1. The minimum Gasteiger partial charge on any atom is -0.366 e. The smallest absolute Gasteiger partial charge is 0.266 e. The summed E-state index contributed by atoms with van der Waals surface area (Å²) in [6.45, 7) is -0.378. The fourth-order valence-corrected chi connectivity index (χ4v) is 3.37. The second-order valence-electron chi connectivity index (χ2n) is 5.25. The van der Waals surface area contributed by atoms with Gasteiger partial charge in [0.1, 0.15) is 12.8 Å². The van der Waals surface area contributed by atoms with Gasteiger partial charge in [0.25, 0.3) is 5.91 Å². The predicted octanol–water partition coefficient (Wildman–Crippen LogP) is 0.463. The molecule has 0 fully saturated rings. The van der Waals surface area contributed by atoms with E-state index in [1.54, 1.807) is 24.6 Å². The maximum Gasteiger partial charge on any atom is 0.266 e. The van der Waals surface area contributed by atoms with Crippen LogP contribution < -0.4 is 10.1 Å². The molecule has 2 rings (SSSR count). The third-order valence-electron chi connectivity index (χ3n) is 3.30. The van der Waals surface area contributed by atoms with Crippen LogP contribution in [0.2, 0.25) is 0 Å². The Balaban J connectivity index is 2.15. The first kappa shape index (κ1) is 18.6. The molecule has 132 valence electrons. The van der Waals surface area contributed by atoms with Crippen molar-refractivity contribution in [3.8, 4) is 0 Å². The van der Waals surface area contributed by atoms with E-state index in [2.05, 4.69) is 10.1 Å². The normalized spacial score (nSPS) is 17.8. The first-order valence-corrected chi connectivity index (χ1v) is 9.91. The number of hydrogen-bond acceptors (Lipinski definition) is 7. The van der Waals surface area contributed by atoms with E-state index >= 15 is 0 Å². The quantitative estimate of drug-likeness (QED) is 0.532. The first-order valence-electron chi connectivity index (χ1n) is 7.14. The van der Waals surface area contributed by atoms with E-state index in [9.17, 15) is 18.0 Å². The molecular formula is C14H19N3O5S2. The van der Waals surface area contributed by atoms with Gasteiger partial charge in [-0.2, -0.15) is 0 Å². The summed E-state index contributed by atoms with van der Waals surface area (Å²) in [6.07, 6.45) is 3.22. The summed E-state index contributed by atoms with van der Waals surface area (Å²) in [7, 11) is -2.15. The van der Waals surface area contributed by atoms with Crippen LogP contribution in [0.4, 0.5) is 0 Å². The van der Waals surface area contributed by atoms with Crippen LogP contribution in [-0.4, -0.2) is 51.3 Å². The molecule has 0 bridgehead atoms. The van der Waals surface area contributed by atoms with Crippen LogP contribution in [0.1, 0.15) is 22.5 Å². The van der Waals surface area contributed by atoms with Crippen molar-refractivity contribution in [2.24, 2.45) is 0 Å². The number of nitrogens with one attached hydrogen (secondary N) is 2. The molecule has 1 aliphatic rings. The lowest BCUT2D eigenvalue weighted by atomic mass is 10.1. The van der Waals surface area contributed by atoms with Gasteiger partial charge in [-0.3, -0.25) is 14.6 Å². The van der Waals surface area contributed by atoms with E-state index in [1.807, 2.05) is 0 Å². The van der Waals surface area contributed by atoms with Crippen molar-refractivity contribution in [3.63, 3.8) is 0 Å². The Bertz CT molecular complexity index is 728. The number of hydrogen-bond donors (Lipinski definition) is 2. The molecule has 1 amide bonds. The van der Waals surface area contributed by atoms with Gasteiger partial charge in [-0.25, -0.2) is 8.42 Å². The Hall–Kier alpha value is -1.75. The van der Waals surface area contributed by atoms with Gasteiger partial charge in [-0.05, 0) is 24.3 Å². The van der Waals surface area contributed by atoms with Gasteiger partial charge < -0.3 is 10.1 Å². The second-order valence-corrected chi connectivity index (χ2v) is 7.93. The van der Waals surface area contributed by atoms with Gasteiger partial charge in [0, 0.05) is 18.9 Å². The van der Waals surface area contributed by atoms with Crippen LogP contribution in [0.3, 0.4) is 0 Å². The molecule has 10 heteroatoms. The SMILES string of the molecule is COC1CCC(C(=O)N(CC(=O)c2cccs2)NS(C)(=O)=O)=CN1. The second kappa shape index (κ2) is 7.88. The van der Waals surface area contributed by atoms with Crippen molar-refractivity contribution in [1.82, 2.24) is 15.2 Å². The Kier molecular flexibility index (Phi) is 6.10. The molecular weight excluding hydrogens is 354 g/mol. The molecule has 0 radical (unpaired) electrons. The van der Waals surface area contributed by atoms with Gasteiger partial charge in [-0.15, -0.1) is 16.2 Å². The maximum atomic E-state index is 12.6. The molecule has 8 nitrogen and oxygen atoms in total. The molecule has 1 aromatic heterocycles. The number of Topliss-reactive ketones (excluding diaryl/α,β-unsaturated/α-hetero) is 1. The van der Waals surface area contributed by atoms with E-state index in [0.29, 0.717) is 23.3 Å². The number of ketones is 1. The highest BCUT2D eigenvalue weighted by molar-refractivity contribution is 7.88. The fraction of sp³-hybridized carbons (Fsp3) is 0.429. The highest BCUT2D eigenvalue weighted by atomic mass is 32.2. The molecule has 0 spiro atoms. The van der Waals surface area contributed by atoms with Crippen molar-refractivity contribution in [2.45, 2.75) is 19.1 Å². The zero-order valence-electron chi connectivity index (χ0n) is 13.3. The zero-order chi connectivity index (χ0) is 17.7. The molecule has 0 saturated heterocycles. The number of carbonyl (C=O) groups is 2. The van der Waals surface area contributed by atoms with Crippen LogP contribution in [-0.2, 0) is 19.6 Å². The van der Waals surface area contributed by atoms with Crippen molar-refractivity contribution in [3.05, 3.63) is 34.2 Å². The van der Waals surface area contributed by atoms with Crippen molar-refractivity contribution >= 4 is 33.1 Å². The third-order valence-corrected chi connectivity index (χ3v) is 4.76. The lowest BCUT2D eigenvalue weighted by Gasteiger charge is -2.26. The van der Waals surface area contributed by atoms with Crippen LogP contribution in [0.25, 0.3) is 0 Å². The summed E-state index contributed by atoms with van der Waals surface area (Å²) in [5, 5.41) is 5.48. The monoisotopic (exact) mass is 373 g/mol. The molecule has 2 heterocycles. The van der Waals surface area contributed by atoms with Gasteiger partial charge in [-0.1, -0.05) is 6.07 Å². The highest BCUT2D eigenvalue weighted by Crippen LogP contribution is 2.16. The minimum absolute atomic E-state index is 0.189. The molecule has 1 aliphatic heterocycles. The lowest BCUT2D eigenvalue weighted by molar-refractivity contribution is -0.128. The number of rotatable bonds is 7. The van der Waals surface area contributed by atoms with Gasteiger partial charge in [0.05, 0.1) is 11.1 Å².